The number of aryl methyl sites for hydroxylation is 1. The second-order valence-electron chi connectivity index (χ2n) is 4.94. The molecule has 0 saturated carbocycles. The van der Waals surface area contributed by atoms with Crippen LogP contribution in [0.2, 0.25) is 0 Å². The summed E-state index contributed by atoms with van der Waals surface area (Å²) in [6, 6.07) is 6.09. The largest absolute Gasteiger partial charge is 0.481 e. The van der Waals surface area contributed by atoms with Gasteiger partial charge >= 0.3 is 5.97 Å². The fraction of sp³-hybridized carbons (Fsp3) is 0.385. The van der Waals surface area contributed by atoms with Crippen LogP contribution in [0.1, 0.15) is 24.4 Å². The molecule has 0 saturated heterocycles. The quantitative estimate of drug-likeness (QED) is 0.908. The Hall–Kier alpha value is -1.42. The average molecular weight is 249 g/mol. The lowest BCUT2D eigenvalue weighted by Gasteiger charge is -2.16. The summed E-state index contributed by atoms with van der Waals surface area (Å²) in [6.07, 6.45) is 0.473. The molecule has 0 radical (unpaired) electrons. The molecule has 17 heavy (non-hydrogen) atoms. The third kappa shape index (κ3) is 2.47. The first-order valence-electron chi connectivity index (χ1n) is 5.48. The van der Waals surface area contributed by atoms with Gasteiger partial charge in [-0.05, 0) is 38.5 Å². The number of aromatic nitrogens is 1. The second-order valence-corrected chi connectivity index (χ2v) is 6.06. The number of fused-ring (bicyclic) bond motifs is 1. The molecule has 1 N–H and O–H groups in total. The van der Waals surface area contributed by atoms with Crippen LogP contribution in [-0.2, 0) is 11.2 Å². The summed E-state index contributed by atoms with van der Waals surface area (Å²) in [6.45, 7) is 5.50. The molecule has 0 atom stereocenters. The number of carboxylic acids is 1. The summed E-state index contributed by atoms with van der Waals surface area (Å²) in [5.74, 6) is -0.784. The minimum Gasteiger partial charge on any atom is -0.481 e. The van der Waals surface area contributed by atoms with Crippen molar-refractivity contribution in [2.45, 2.75) is 27.2 Å². The van der Waals surface area contributed by atoms with Crippen LogP contribution in [-0.4, -0.2) is 16.1 Å². The van der Waals surface area contributed by atoms with Gasteiger partial charge in [-0.2, -0.15) is 0 Å². The van der Waals surface area contributed by atoms with Gasteiger partial charge in [-0.3, -0.25) is 4.79 Å². The van der Waals surface area contributed by atoms with E-state index >= 15 is 0 Å². The topological polar surface area (TPSA) is 50.2 Å². The number of thiazole rings is 1. The van der Waals surface area contributed by atoms with Crippen LogP contribution < -0.4 is 0 Å². The monoisotopic (exact) mass is 249 g/mol. The summed E-state index contributed by atoms with van der Waals surface area (Å²) in [5, 5.41) is 9.99. The van der Waals surface area contributed by atoms with Crippen LogP contribution in [0.25, 0.3) is 10.2 Å². The number of aliphatic carboxylic acids is 1. The zero-order valence-corrected chi connectivity index (χ0v) is 11.0. The Kier molecular flexibility index (Phi) is 2.91. The first-order valence-corrected chi connectivity index (χ1v) is 6.29. The molecule has 1 aromatic carbocycles. The number of nitrogens with zero attached hydrogens (tertiary/aromatic N) is 1. The van der Waals surface area contributed by atoms with Gasteiger partial charge in [0.05, 0.1) is 20.6 Å². The maximum atomic E-state index is 11.1. The standard InChI is InChI=1S/C13H15NO2S/c1-8-4-5-9-10(6-8)17-11(14-9)7-13(2,3)12(15)16/h4-6H,7H2,1-3H3,(H,15,16). The van der Waals surface area contributed by atoms with Gasteiger partial charge in [0.15, 0.2) is 0 Å². The van der Waals surface area contributed by atoms with Gasteiger partial charge in [-0.15, -0.1) is 11.3 Å². The van der Waals surface area contributed by atoms with Crippen LogP contribution in [0.3, 0.4) is 0 Å². The lowest BCUT2D eigenvalue weighted by Crippen LogP contribution is -2.26. The molecule has 0 unspecified atom stereocenters. The van der Waals surface area contributed by atoms with Crippen molar-refractivity contribution in [1.82, 2.24) is 4.98 Å². The molecule has 0 spiro atoms. The fourth-order valence-electron chi connectivity index (χ4n) is 1.61. The highest BCUT2D eigenvalue weighted by atomic mass is 32.1. The molecule has 90 valence electrons. The molecule has 0 amide bonds. The fourth-order valence-corrected chi connectivity index (χ4v) is 2.90. The Morgan fingerprint density at radius 1 is 1.47 bits per heavy atom. The second kappa shape index (κ2) is 4.11. The maximum absolute atomic E-state index is 11.1. The van der Waals surface area contributed by atoms with Crippen molar-refractivity contribution in [1.29, 1.82) is 0 Å². The lowest BCUT2D eigenvalue weighted by molar-refractivity contribution is -0.146. The highest BCUT2D eigenvalue weighted by molar-refractivity contribution is 7.18. The van der Waals surface area contributed by atoms with E-state index in [9.17, 15) is 4.79 Å². The molecule has 0 aliphatic carbocycles. The van der Waals surface area contributed by atoms with E-state index in [2.05, 4.69) is 11.1 Å². The Morgan fingerprint density at radius 3 is 2.82 bits per heavy atom. The molecular formula is C13H15NO2S. The van der Waals surface area contributed by atoms with Gasteiger partial charge in [-0.1, -0.05) is 6.07 Å². The molecule has 2 aromatic rings. The number of carbonyl (C=O) groups is 1. The van der Waals surface area contributed by atoms with Crippen LogP contribution in [0.4, 0.5) is 0 Å². The first kappa shape index (κ1) is 12.0. The van der Waals surface area contributed by atoms with E-state index in [-0.39, 0.29) is 0 Å². The summed E-state index contributed by atoms with van der Waals surface area (Å²) in [7, 11) is 0. The summed E-state index contributed by atoms with van der Waals surface area (Å²) in [5.41, 5.74) is 1.39. The van der Waals surface area contributed by atoms with Crippen LogP contribution in [0, 0.1) is 12.3 Å². The van der Waals surface area contributed by atoms with E-state index in [1.807, 2.05) is 19.1 Å². The van der Waals surface area contributed by atoms with Gasteiger partial charge in [0.25, 0.3) is 0 Å². The van der Waals surface area contributed by atoms with Crippen molar-refractivity contribution >= 4 is 27.5 Å². The Balaban J connectivity index is 2.34. The average Bonchev–Trinajstić information content (AvgIpc) is 2.57. The molecule has 2 rings (SSSR count). The summed E-state index contributed by atoms with van der Waals surface area (Å²) in [4.78, 5) is 15.5. The molecule has 4 heteroatoms. The van der Waals surface area contributed by atoms with Gasteiger partial charge < -0.3 is 5.11 Å². The Labute approximate surface area is 104 Å². The molecule has 1 aromatic heterocycles. The van der Waals surface area contributed by atoms with Crippen molar-refractivity contribution in [2.75, 3.05) is 0 Å². The Morgan fingerprint density at radius 2 is 2.18 bits per heavy atom. The smallest absolute Gasteiger partial charge is 0.309 e. The van der Waals surface area contributed by atoms with E-state index in [0.29, 0.717) is 6.42 Å². The molecule has 0 fully saturated rings. The van der Waals surface area contributed by atoms with Gasteiger partial charge in [0.2, 0.25) is 0 Å². The highest BCUT2D eigenvalue weighted by Gasteiger charge is 2.28. The van der Waals surface area contributed by atoms with E-state index < -0.39 is 11.4 Å². The van der Waals surface area contributed by atoms with Crippen molar-refractivity contribution in [3.8, 4) is 0 Å². The third-order valence-corrected chi connectivity index (χ3v) is 3.78. The highest BCUT2D eigenvalue weighted by Crippen LogP contribution is 2.29. The van der Waals surface area contributed by atoms with Crippen molar-refractivity contribution < 1.29 is 9.90 Å². The van der Waals surface area contributed by atoms with Crippen molar-refractivity contribution in [3.05, 3.63) is 28.8 Å². The minimum absolute atomic E-state index is 0.473. The van der Waals surface area contributed by atoms with Gasteiger partial charge in [-0.25, -0.2) is 4.98 Å². The van der Waals surface area contributed by atoms with E-state index in [1.54, 1.807) is 25.2 Å². The number of rotatable bonds is 3. The Bertz CT molecular complexity index is 572. The van der Waals surface area contributed by atoms with Gasteiger partial charge in [0, 0.05) is 6.42 Å². The third-order valence-electron chi connectivity index (χ3n) is 2.76. The van der Waals surface area contributed by atoms with Crippen molar-refractivity contribution in [3.63, 3.8) is 0 Å². The SMILES string of the molecule is Cc1ccc2nc(CC(C)(C)C(=O)O)sc2c1. The maximum Gasteiger partial charge on any atom is 0.309 e. The van der Waals surface area contributed by atoms with E-state index in [4.69, 9.17) is 5.11 Å². The number of benzene rings is 1. The molecule has 0 aliphatic rings. The molecule has 1 heterocycles. The van der Waals surface area contributed by atoms with Crippen LogP contribution in [0.5, 0.6) is 0 Å². The molecular weight excluding hydrogens is 234 g/mol. The van der Waals surface area contributed by atoms with E-state index in [0.717, 1.165) is 15.2 Å². The number of hydrogen-bond donors (Lipinski definition) is 1. The summed E-state index contributed by atoms with van der Waals surface area (Å²) < 4.78 is 1.13. The molecule has 0 aliphatic heterocycles. The predicted octanol–water partition coefficient (Wildman–Crippen LogP) is 3.26. The number of hydrogen-bond acceptors (Lipinski definition) is 3. The minimum atomic E-state index is -0.784. The molecule has 0 bridgehead atoms. The van der Waals surface area contributed by atoms with Crippen LogP contribution >= 0.6 is 11.3 Å². The van der Waals surface area contributed by atoms with Gasteiger partial charge in [0.1, 0.15) is 0 Å². The van der Waals surface area contributed by atoms with Crippen LogP contribution in [0.15, 0.2) is 18.2 Å². The zero-order chi connectivity index (χ0) is 12.6. The number of carboxylic acid groups (broad SMARTS) is 1. The summed E-state index contributed by atoms with van der Waals surface area (Å²) >= 11 is 1.58. The zero-order valence-electron chi connectivity index (χ0n) is 10.2. The van der Waals surface area contributed by atoms with E-state index in [1.165, 1.54) is 5.56 Å². The van der Waals surface area contributed by atoms with Crippen molar-refractivity contribution in [2.24, 2.45) is 5.41 Å². The predicted molar refractivity (Wildman–Crippen MR) is 69.5 cm³/mol. The normalized spacial score (nSPS) is 11.9. The first-order chi connectivity index (χ1) is 7.88. The lowest BCUT2D eigenvalue weighted by atomic mass is 9.90. The molecule has 3 nitrogen and oxygen atoms in total.